The Bertz CT molecular complexity index is 303. The van der Waals surface area contributed by atoms with Gasteiger partial charge in [-0.05, 0) is 12.1 Å². The highest BCUT2D eigenvalue weighted by Crippen LogP contribution is 2.06. The Kier molecular flexibility index (Phi) is 3.37. The third-order valence-corrected chi connectivity index (χ3v) is 2.14. The fourth-order valence-electron chi connectivity index (χ4n) is 1.36. The van der Waals surface area contributed by atoms with E-state index < -0.39 is 0 Å². The van der Waals surface area contributed by atoms with E-state index in [4.69, 9.17) is 14.0 Å². The molecule has 2 rings (SSSR count). The number of rotatable bonds is 4. The summed E-state index contributed by atoms with van der Waals surface area (Å²) in [6, 6.07) is 3.49. The Hall–Kier alpha value is -1.33. The van der Waals surface area contributed by atoms with Crippen molar-refractivity contribution in [1.82, 2.24) is 5.48 Å². The van der Waals surface area contributed by atoms with Crippen LogP contribution in [0.4, 0.5) is 0 Å². The Balaban J connectivity index is 1.68. The van der Waals surface area contributed by atoms with Crippen LogP contribution in [0.5, 0.6) is 0 Å². The fourth-order valence-corrected chi connectivity index (χ4v) is 1.36. The average molecular weight is 211 g/mol. The molecule has 1 unspecified atom stereocenters. The van der Waals surface area contributed by atoms with Crippen LogP contribution in [0.2, 0.25) is 0 Å². The maximum absolute atomic E-state index is 11.3. The molecule has 0 spiro atoms. The summed E-state index contributed by atoms with van der Waals surface area (Å²) in [4.78, 5) is 16.5. The second-order valence-corrected chi connectivity index (χ2v) is 3.38. The Morgan fingerprint density at radius 2 is 2.60 bits per heavy atom. The lowest BCUT2D eigenvalue weighted by molar-refractivity contribution is -0.137. The van der Waals surface area contributed by atoms with Gasteiger partial charge in [-0.25, -0.2) is 5.48 Å². The van der Waals surface area contributed by atoms with Gasteiger partial charge in [0.05, 0.1) is 19.3 Å². The van der Waals surface area contributed by atoms with E-state index >= 15 is 0 Å². The number of furan rings is 1. The van der Waals surface area contributed by atoms with E-state index in [1.54, 1.807) is 12.1 Å². The third-order valence-electron chi connectivity index (χ3n) is 2.14. The molecule has 1 aromatic rings. The summed E-state index contributed by atoms with van der Waals surface area (Å²) in [5.41, 5.74) is 2.38. The maximum Gasteiger partial charge on any atom is 0.251 e. The van der Waals surface area contributed by atoms with Crippen molar-refractivity contribution in [2.24, 2.45) is 0 Å². The molecule has 1 aliphatic rings. The second-order valence-electron chi connectivity index (χ2n) is 3.38. The molecule has 1 saturated heterocycles. The van der Waals surface area contributed by atoms with Gasteiger partial charge in [0, 0.05) is 13.0 Å². The van der Waals surface area contributed by atoms with Gasteiger partial charge in [-0.15, -0.1) is 0 Å². The topological polar surface area (TPSA) is 60.7 Å². The molecular weight excluding hydrogens is 198 g/mol. The fraction of sp³-hybridized carbons (Fsp3) is 0.500. The molecule has 0 radical (unpaired) electrons. The summed E-state index contributed by atoms with van der Waals surface area (Å²) in [5.74, 6) is 0.413. The van der Waals surface area contributed by atoms with Crippen molar-refractivity contribution in [3.05, 3.63) is 24.2 Å². The highest BCUT2D eigenvalue weighted by Gasteiger charge is 2.17. The van der Waals surface area contributed by atoms with E-state index in [2.05, 4.69) is 5.48 Å². The first kappa shape index (κ1) is 10.2. The van der Waals surface area contributed by atoms with Gasteiger partial charge in [0.25, 0.3) is 5.91 Å². The number of hydrogen-bond donors (Lipinski definition) is 1. The van der Waals surface area contributed by atoms with E-state index in [1.165, 1.54) is 6.26 Å². The molecule has 1 aromatic heterocycles. The minimum absolute atomic E-state index is 0.0226. The van der Waals surface area contributed by atoms with Gasteiger partial charge in [0.1, 0.15) is 11.9 Å². The summed E-state index contributed by atoms with van der Waals surface area (Å²) >= 11 is 0. The van der Waals surface area contributed by atoms with Crippen LogP contribution in [-0.2, 0) is 20.8 Å². The van der Waals surface area contributed by atoms with Crippen LogP contribution in [0, 0.1) is 0 Å². The molecule has 1 N–H and O–H groups in total. The molecule has 1 atom stereocenters. The lowest BCUT2D eigenvalue weighted by Crippen LogP contribution is -2.30. The lowest BCUT2D eigenvalue weighted by Gasteiger charge is -2.09. The SMILES string of the molecule is O=C(Cc1ccco1)NOC1CCOC1. The molecule has 0 saturated carbocycles. The zero-order valence-corrected chi connectivity index (χ0v) is 8.27. The molecule has 0 aromatic carbocycles. The minimum atomic E-state index is -0.211. The molecule has 2 heterocycles. The Morgan fingerprint density at radius 1 is 1.67 bits per heavy atom. The van der Waals surface area contributed by atoms with Crippen molar-refractivity contribution in [2.45, 2.75) is 18.9 Å². The first-order valence-electron chi connectivity index (χ1n) is 4.89. The van der Waals surface area contributed by atoms with Crippen molar-refractivity contribution in [2.75, 3.05) is 13.2 Å². The summed E-state index contributed by atoms with van der Waals surface area (Å²) in [6.07, 6.45) is 2.53. The van der Waals surface area contributed by atoms with Crippen molar-refractivity contribution >= 4 is 5.91 Å². The minimum Gasteiger partial charge on any atom is -0.469 e. The van der Waals surface area contributed by atoms with E-state index in [-0.39, 0.29) is 18.4 Å². The first-order chi connectivity index (χ1) is 7.34. The summed E-state index contributed by atoms with van der Waals surface area (Å²) < 4.78 is 10.1. The Labute approximate surface area is 87.3 Å². The zero-order chi connectivity index (χ0) is 10.5. The maximum atomic E-state index is 11.3. The summed E-state index contributed by atoms with van der Waals surface area (Å²) in [5, 5.41) is 0. The van der Waals surface area contributed by atoms with Crippen LogP contribution < -0.4 is 5.48 Å². The molecule has 5 nitrogen and oxygen atoms in total. The van der Waals surface area contributed by atoms with Gasteiger partial charge in [-0.1, -0.05) is 0 Å². The van der Waals surface area contributed by atoms with Crippen LogP contribution in [0.3, 0.4) is 0 Å². The van der Waals surface area contributed by atoms with Crippen LogP contribution in [0.15, 0.2) is 22.8 Å². The molecule has 15 heavy (non-hydrogen) atoms. The normalized spacial score (nSPS) is 20.4. The van der Waals surface area contributed by atoms with Crippen LogP contribution in [0.1, 0.15) is 12.2 Å². The second kappa shape index (κ2) is 4.95. The first-order valence-corrected chi connectivity index (χ1v) is 4.89. The third kappa shape index (κ3) is 3.07. The number of amides is 1. The standard InChI is InChI=1S/C10H13NO4/c12-10(6-8-2-1-4-14-8)11-15-9-3-5-13-7-9/h1-2,4,9H,3,5-7H2,(H,11,12). The zero-order valence-electron chi connectivity index (χ0n) is 8.27. The molecule has 0 bridgehead atoms. The quantitative estimate of drug-likeness (QED) is 0.743. The number of hydroxylamine groups is 1. The summed E-state index contributed by atoms with van der Waals surface area (Å²) in [7, 11) is 0. The number of ether oxygens (including phenoxy) is 1. The number of carbonyl (C=O) groups is 1. The molecule has 0 aliphatic carbocycles. The van der Waals surface area contributed by atoms with E-state index in [0.717, 1.165) is 6.42 Å². The van der Waals surface area contributed by atoms with Gasteiger partial charge in [0.15, 0.2) is 0 Å². The number of carbonyl (C=O) groups excluding carboxylic acids is 1. The lowest BCUT2D eigenvalue weighted by atomic mass is 10.3. The van der Waals surface area contributed by atoms with Gasteiger partial charge < -0.3 is 9.15 Å². The monoisotopic (exact) mass is 211 g/mol. The van der Waals surface area contributed by atoms with Gasteiger partial charge >= 0.3 is 0 Å². The largest absolute Gasteiger partial charge is 0.469 e. The van der Waals surface area contributed by atoms with Crippen LogP contribution in [0.25, 0.3) is 0 Å². The van der Waals surface area contributed by atoms with Gasteiger partial charge in [0.2, 0.25) is 0 Å². The van der Waals surface area contributed by atoms with Crippen LogP contribution >= 0.6 is 0 Å². The number of nitrogens with one attached hydrogen (secondary N) is 1. The predicted octanol–water partition coefficient (Wildman–Crippen LogP) is 0.659. The van der Waals surface area contributed by atoms with Crippen molar-refractivity contribution < 1.29 is 18.8 Å². The van der Waals surface area contributed by atoms with Gasteiger partial charge in [-0.3, -0.25) is 9.63 Å². The highest BCUT2D eigenvalue weighted by atomic mass is 16.7. The van der Waals surface area contributed by atoms with E-state index in [1.807, 2.05) is 0 Å². The number of hydrogen-bond acceptors (Lipinski definition) is 4. The van der Waals surface area contributed by atoms with Crippen molar-refractivity contribution in [3.63, 3.8) is 0 Å². The van der Waals surface area contributed by atoms with Crippen molar-refractivity contribution in [1.29, 1.82) is 0 Å². The average Bonchev–Trinajstić information content (AvgIpc) is 2.86. The summed E-state index contributed by atoms with van der Waals surface area (Å²) in [6.45, 7) is 1.24. The predicted molar refractivity (Wildman–Crippen MR) is 50.9 cm³/mol. The molecule has 1 fully saturated rings. The smallest absolute Gasteiger partial charge is 0.251 e. The van der Waals surface area contributed by atoms with Crippen molar-refractivity contribution in [3.8, 4) is 0 Å². The molecule has 1 amide bonds. The van der Waals surface area contributed by atoms with E-state index in [0.29, 0.717) is 19.0 Å². The highest BCUT2D eigenvalue weighted by molar-refractivity contribution is 5.76. The Morgan fingerprint density at radius 3 is 3.27 bits per heavy atom. The molecule has 82 valence electrons. The van der Waals surface area contributed by atoms with Gasteiger partial charge in [-0.2, -0.15) is 0 Å². The van der Waals surface area contributed by atoms with Crippen LogP contribution in [-0.4, -0.2) is 25.2 Å². The molecule has 1 aliphatic heterocycles. The molecule has 5 heteroatoms. The van der Waals surface area contributed by atoms with E-state index in [9.17, 15) is 4.79 Å². The molecular formula is C10H13NO4.